The van der Waals surface area contributed by atoms with Crippen LogP contribution in [0.4, 0.5) is 0 Å². The Hall–Kier alpha value is -2.10. The van der Waals surface area contributed by atoms with Crippen LogP contribution in [0.2, 0.25) is 0 Å². The molecule has 0 amide bonds. The van der Waals surface area contributed by atoms with E-state index in [0.717, 1.165) is 11.1 Å². The third-order valence-electron chi connectivity index (χ3n) is 3.07. The third kappa shape index (κ3) is 1.62. The average Bonchev–Trinajstić information content (AvgIpc) is 2.51. The number of nitrogens with zero attached hydrogens (tertiary/aromatic N) is 1. The van der Waals surface area contributed by atoms with Crippen LogP contribution in [0.15, 0.2) is 18.2 Å². The maximum atomic E-state index is 11.7. The van der Waals surface area contributed by atoms with E-state index in [0.29, 0.717) is 11.1 Å². The summed E-state index contributed by atoms with van der Waals surface area (Å²) in [7, 11) is 1.83. The largest absolute Gasteiger partial charge is 0.475 e. The van der Waals surface area contributed by atoms with Gasteiger partial charge in [-0.3, -0.25) is 4.79 Å². The molecule has 2 aromatic rings. The zero-order valence-electron chi connectivity index (χ0n) is 9.94. The Bertz CT molecular complexity index is 638. The van der Waals surface area contributed by atoms with Crippen molar-refractivity contribution < 1.29 is 14.7 Å². The molecule has 0 aliphatic carbocycles. The van der Waals surface area contributed by atoms with E-state index in [2.05, 4.69) is 0 Å². The van der Waals surface area contributed by atoms with Crippen LogP contribution >= 0.6 is 0 Å². The quantitative estimate of drug-likeness (QED) is 0.635. The molecule has 88 valence electrons. The molecule has 0 aliphatic heterocycles. The molecule has 0 fully saturated rings. The van der Waals surface area contributed by atoms with Gasteiger partial charge in [-0.2, -0.15) is 0 Å². The fourth-order valence-electron chi connectivity index (χ4n) is 2.07. The van der Waals surface area contributed by atoms with E-state index in [1.54, 1.807) is 13.0 Å². The Morgan fingerprint density at radius 1 is 1.24 bits per heavy atom. The Balaban J connectivity index is 2.84. The molecule has 1 aromatic carbocycles. The van der Waals surface area contributed by atoms with Gasteiger partial charge in [-0.05, 0) is 25.5 Å². The molecule has 0 bridgehead atoms. The Morgan fingerprint density at radius 2 is 1.88 bits per heavy atom. The molecule has 17 heavy (non-hydrogen) atoms. The maximum absolute atomic E-state index is 11.7. The van der Waals surface area contributed by atoms with Gasteiger partial charge in [0, 0.05) is 23.6 Å². The predicted octanol–water partition coefficient (Wildman–Crippen LogP) is 2.06. The summed E-state index contributed by atoms with van der Waals surface area (Å²) >= 11 is 0. The molecule has 0 unspecified atom stereocenters. The van der Waals surface area contributed by atoms with E-state index in [9.17, 15) is 9.59 Å². The van der Waals surface area contributed by atoms with E-state index in [4.69, 9.17) is 5.11 Å². The van der Waals surface area contributed by atoms with Gasteiger partial charge in [0.15, 0.2) is 0 Å². The number of rotatable bonds is 2. The minimum Gasteiger partial charge on any atom is -0.475 e. The van der Waals surface area contributed by atoms with Gasteiger partial charge < -0.3 is 9.67 Å². The lowest BCUT2D eigenvalue weighted by atomic mass is 10.1. The van der Waals surface area contributed by atoms with E-state index >= 15 is 0 Å². The molecule has 2 rings (SSSR count). The number of hydrogen-bond acceptors (Lipinski definition) is 2. The Morgan fingerprint density at radius 3 is 2.47 bits per heavy atom. The molecule has 0 saturated carbocycles. The summed E-state index contributed by atoms with van der Waals surface area (Å²) in [5.41, 5.74) is 2.92. The molecule has 0 aliphatic rings. The maximum Gasteiger partial charge on any atom is 0.377 e. The summed E-state index contributed by atoms with van der Waals surface area (Å²) in [6.45, 7) is 3.71. The minimum atomic E-state index is -1.42. The summed E-state index contributed by atoms with van der Waals surface area (Å²) in [6.07, 6.45) is 0. The second kappa shape index (κ2) is 3.73. The van der Waals surface area contributed by atoms with Gasteiger partial charge in [0.2, 0.25) is 0 Å². The van der Waals surface area contributed by atoms with Gasteiger partial charge in [0.05, 0.1) is 5.56 Å². The highest BCUT2D eigenvalue weighted by atomic mass is 16.4. The van der Waals surface area contributed by atoms with E-state index in [1.807, 2.05) is 30.7 Å². The van der Waals surface area contributed by atoms with Crippen LogP contribution in [0.25, 0.3) is 10.9 Å². The number of carbonyl (C=O) groups excluding carboxylic acids is 1. The number of aromatic nitrogens is 1. The minimum absolute atomic E-state index is 0.287. The lowest BCUT2D eigenvalue weighted by Crippen LogP contribution is -2.13. The number of hydrogen-bond donors (Lipinski definition) is 1. The first-order chi connectivity index (χ1) is 7.93. The Kier molecular flexibility index (Phi) is 2.50. The first-order valence-electron chi connectivity index (χ1n) is 5.26. The molecular weight excluding hydrogens is 218 g/mol. The topological polar surface area (TPSA) is 59.3 Å². The van der Waals surface area contributed by atoms with E-state index < -0.39 is 11.8 Å². The number of carboxylic acids is 1. The van der Waals surface area contributed by atoms with Crippen LogP contribution in [0.5, 0.6) is 0 Å². The summed E-state index contributed by atoms with van der Waals surface area (Å²) < 4.78 is 1.85. The highest BCUT2D eigenvalue weighted by Gasteiger charge is 2.23. The lowest BCUT2D eigenvalue weighted by Gasteiger charge is -1.98. The van der Waals surface area contributed by atoms with Gasteiger partial charge in [-0.1, -0.05) is 12.1 Å². The standard InChI is InChI=1S/C13H13NO3/c1-7-4-5-9-10(6-7)14(3)8(2)11(9)12(15)13(16)17/h4-6H,1-3H3,(H,16,17). The number of carbonyl (C=O) groups is 2. The normalized spacial score (nSPS) is 10.8. The molecule has 1 aromatic heterocycles. The van der Waals surface area contributed by atoms with Crippen molar-refractivity contribution >= 4 is 22.7 Å². The molecular formula is C13H13NO3. The van der Waals surface area contributed by atoms with Crippen LogP contribution in [-0.4, -0.2) is 21.4 Å². The number of benzene rings is 1. The zero-order valence-corrected chi connectivity index (χ0v) is 9.94. The SMILES string of the molecule is Cc1ccc2c(C(=O)C(=O)O)c(C)n(C)c2c1. The van der Waals surface area contributed by atoms with E-state index in [-0.39, 0.29) is 5.56 Å². The van der Waals surface area contributed by atoms with Crippen LogP contribution < -0.4 is 0 Å². The first kappa shape index (κ1) is 11.4. The van der Waals surface area contributed by atoms with Crippen LogP contribution in [0.3, 0.4) is 0 Å². The lowest BCUT2D eigenvalue weighted by molar-refractivity contribution is -0.131. The van der Waals surface area contributed by atoms with Gasteiger partial charge in [0.25, 0.3) is 5.78 Å². The second-order valence-corrected chi connectivity index (χ2v) is 4.17. The van der Waals surface area contributed by atoms with Crippen molar-refractivity contribution in [2.45, 2.75) is 13.8 Å². The molecule has 4 nitrogen and oxygen atoms in total. The molecule has 4 heteroatoms. The number of ketones is 1. The highest BCUT2D eigenvalue weighted by molar-refractivity contribution is 6.42. The number of Topliss-reactive ketones (excluding diaryl/α,β-unsaturated/α-hetero) is 1. The number of carboxylic acid groups (broad SMARTS) is 1. The van der Waals surface area contributed by atoms with Crippen molar-refractivity contribution in [1.29, 1.82) is 0 Å². The molecule has 1 N–H and O–H groups in total. The summed E-state index contributed by atoms with van der Waals surface area (Å²) in [5, 5.41) is 9.52. The Labute approximate surface area is 98.5 Å². The smallest absolute Gasteiger partial charge is 0.377 e. The summed E-state index contributed by atoms with van der Waals surface area (Å²) in [6, 6.07) is 5.62. The van der Waals surface area contributed by atoms with E-state index in [1.165, 1.54) is 0 Å². The van der Waals surface area contributed by atoms with Crippen molar-refractivity contribution in [2.24, 2.45) is 7.05 Å². The van der Waals surface area contributed by atoms with Crippen molar-refractivity contribution in [3.63, 3.8) is 0 Å². The van der Waals surface area contributed by atoms with Crippen molar-refractivity contribution in [2.75, 3.05) is 0 Å². The fraction of sp³-hybridized carbons (Fsp3) is 0.231. The molecule has 0 atom stereocenters. The fourth-order valence-corrected chi connectivity index (χ4v) is 2.07. The average molecular weight is 231 g/mol. The molecule has 0 radical (unpaired) electrons. The van der Waals surface area contributed by atoms with Crippen LogP contribution in [0.1, 0.15) is 21.6 Å². The molecule has 0 saturated heterocycles. The van der Waals surface area contributed by atoms with Crippen molar-refractivity contribution in [3.05, 3.63) is 35.0 Å². The summed E-state index contributed by atoms with van der Waals surface area (Å²) in [5.74, 6) is -2.27. The van der Waals surface area contributed by atoms with Gasteiger partial charge in [-0.15, -0.1) is 0 Å². The van der Waals surface area contributed by atoms with Gasteiger partial charge >= 0.3 is 5.97 Å². The van der Waals surface area contributed by atoms with Gasteiger partial charge in [0.1, 0.15) is 0 Å². The zero-order chi connectivity index (χ0) is 12.7. The predicted molar refractivity (Wildman–Crippen MR) is 64.4 cm³/mol. The molecule has 0 spiro atoms. The number of aliphatic carboxylic acids is 1. The number of fused-ring (bicyclic) bond motifs is 1. The second-order valence-electron chi connectivity index (χ2n) is 4.17. The molecule has 1 heterocycles. The third-order valence-corrected chi connectivity index (χ3v) is 3.07. The van der Waals surface area contributed by atoms with Gasteiger partial charge in [-0.25, -0.2) is 4.79 Å². The first-order valence-corrected chi connectivity index (χ1v) is 5.26. The highest BCUT2D eigenvalue weighted by Crippen LogP contribution is 2.26. The summed E-state index contributed by atoms with van der Waals surface area (Å²) in [4.78, 5) is 22.5. The van der Waals surface area contributed by atoms with Crippen molar-refractivity contribution in [3.8, 4) is 0 Å². The monoisotopic (exact) mass is 231 g/mol. The van der Waals surface area contributed by atoms with Crippen molar-refractivity contribution in [1.82, 2.24) is 4.57 Å². The van der Waals surface area contributed by atoms with Crippen LogP contribution in [-0.2, 0) is 11.8 Å². The number of aryl methyl sites for hydroxylation is 2. The van der Waals surface area contributed by atoms with Crippen LogP contribution in [0, 0.1) is 13.8 Å².